The molecule has 1 heterocycles. The number of nitrogen functional groups attached to an aromatic ring is 1. The van der Waals surface area contributed by atoms with Crippen LogP contribution in [0.2, 0.25) is 0 Å². The Balaban J connectivity index is 3.43. The van der Waals surface area contributed by atoms with Gasteiger partial charge in [0, 0.05) is 6.07 Å². The zero-order valence-electron chi connectivity index (χ0n) is 6.21. The van der Waals surface area contributed by atoms with E-state index in [0.29, 0.717) is 0 Å². The van der Waals surface area contributed by atoms with Crippen molar-refractivity contribution in [3.8, 4) is 0 Å². The van der Waals surface area contributed by atoms with Crippen molar-refractivity contribution in [2.75, 3.05) is 5.73 Å². The van der Waals surface area contributed by atoms with E-state index in [0.717, 1.165) is 12.3 Å². The minimum absolute atomic E-state index is 0.272. The third kappa shape index (κ3) is 1.50. The van der Waals surface area contributed by atoms with E-state index in [1.807, 2.05) is 0 Å². The lowest BCUT2D eigenvalue weighted by atomic mass is 10.3. The Morgan fingerprint density at radius 3 is 2.31 bits per heavy atom. The molecule has 0 radical (unpaired) electrons. The molecule has 0 fully saturated rings. The average molecular weight is 184 g/mol. The molecule has 8 nitrogen and oxygen atoms in total. The number of pyridine rings is 1. The molecule has 0 aliphatic heterocycles. The molecule has 13 heavy (non-hydrogen) atoms. The van der Waals surface area contributed by atoms with E-state index in [-0.39, 0.29) is 5.69 Å². The van der Waals surface area contributed by atoms with E-state index >= 15 is 0 Å². The van der Waals surface area contributed by atoms with E-state index in [2.05, 4.69) is 4.98 Å². The molecule has 0 bridgehead atoms. The lowest BCUT2D eigenvalue weighted by Crippen LogP contribution is -2.02. The van der Waals surface area contributed by atoms with E-state index < -0.39 is 21.4 Å². The summed E-state index contributed by atoms with van der Waals surface area (Å²) in [5.74, 6) is -0.843. The van der Waals surface area contributed by atoms with Gasteiger partial charge in [-0.15, -0.1) is 0 Å². The van der Waals surface area contributed by atoms with E-state index in [9.17, 15) is 20.2 Å². The summed E-state index contributed by atoms with van der Waals surface area (Å²) >= 11 is 0. The van der Waals surface area contributed by atoms with Crippen LogP contribution in [0.1, 0.15) is 0 Å². The first kappa shape index (κ1) is 8.84. The first-order valence-corrected chi connectivity index (χ1v) is 3.07. The van der Waals surface area contributed by atoms with Gasteiger partial charge in [0.2, 0.25) is 0 Å². The van der Waals surface area contributed by atoms with Crippen molar-refractivity contribution in [3.05, 3.63) is 32.5 Å². The molecule has 0 atom stereocenters. The van der Waals surface area contributed by atoms with Gasteiger partial charge in [0.1, 0.15) is 11.9 Å². The summed E-state index contributed by atoms with van der Waals surface area (Å²) in [5, 5.41) is 20.6. The van der Waals surface area contributed by atoms with Crippen LogP contribution in [-0.2, 0) is 0 Å². The molecule has 1 rings (SSSR count). The van der Waals surface area contributed by atoms with Crippen molar-refractivity contribution < 1.29 is 9.85 Å². The summed E-state index contributed by atoms with van der Waals surface area (Å²) < 4.78 is 0. The summed E-state index contributed by atoms with van der Waals surface area (Å²) in [6, 6.07) is 1.13. The van der Waals surface area contributed by atoms with Gasteiger partial charge in [-0.2, -0.15) is 0 Å². The van der Waals surface area contributed by atoms with Gasteiger partial charge in [-0.25, -0.2) is 0 Å². The van der Waals surface area contributed by atoms with Gasteiger partial charge in [0.05, 0.1) is 4.92 Å². The topological polar surface area (TPSA) is 125 Å². The SMILES string of the molecule is Nc1ccnc([N+](=O)[O-])c1[N+](=O)[O-]. The Labute approximate surface area is 71.3 Å². The molecule has 68 valence electrons. The minimum Gasteiger partial charge on any atom is -0.393 e. The highest BCUT2D eigenvalue weighted by Crippen LogP contribution is 2.29. The Hall–Kier alpha value is -2.25. The monoisotopic (exact) mass is 184 g/mol. The van der Waals surface area contributed by atoms with Crippen LogP contribution in [0.5, 0.6) is 0 Å². The van der Waals surface area contributed by atoms with Gasteiger partial charge in [-0.1, -0.05) is 0 Å². The predicted octanol–water partition coefficient (Wildman–Crippen LogP) is 0.480. The molecule has 0 unspecified atom stereocenters. The Morgan fingerprint density at radius 1 is 1.31 bits per heavy atom. The summed E-state index contributed by atoms with van der Waals surface area (Å²) in [7, 11) is 0. The number of anilines is 1. The third-order valence-corrected chi connectivity index (χ3v) is 1.29. The second-order valence-corrected chi connectivity index (χ2v) is 2.09. The zero-order chi connectivity index (χ0) is 10.0. The number of nitrogens with two attached hydrogens (primary N) is 1. The van der Waals surface area contributed by atoms with E-state index in [4.69, 9.17) is 5.73 Å². The van der Waals surface area contributed by atoms with Gasteiger partial charge >= 0.3 is 11.5 Å². The summed E-state index contributed by atoms with van der Waals surface area (Å²) in [5.41, 5.74) is 4.13. The molecule has 2 N–H and O–H groups in total. The van der Waals surface area contributed by atoms with Crippen molar-refractivity contribution >= 4 is 17.2 Å². The molecule has 1 aromatic heterocycles. The molecule has 0 aliphatic rings. The van der Waals surface area contributed by atoms with Crippen LogP contribution in [0.15, 0.2) is 12.3 Å². The number of hydrogen-bond donors (Lipinski definition) is 1. The van der Waals surface area contributed by atoms with Crippen LogP contribution in [0.25, 0.3) is 0 Å². The summed E-state index contributed by atoms with van der Waals surface area (Å²) in [6.45, 7) is 0. The van der Waals surface area contributed by atoms with Crippen LogP contribution < -0.4 is 5.73 Å². The van der Waals surface area contributed by atoms with Gasteiger partial charge in [-0.05, 0) is 9.91 Å². The van der Waals surface area contributed by atoms with Crippen molar-refractivity contribution in [1.82, 2.24) is 4.98 Å². The molecule has 8 heteroatoms. The Morgan fingerprint density at radius 2 is 1.92 bits per heavy atom. The lowest BCUT2D eigenvalue weighted by molar-refractivity contribution is -0.425. The van der Waals surface area contributed by atoms with Gasteiger partial charge in [-0.3, -0.25) is 10.1 Å². The maximum absolute atomic E-state index is 10.3. The number of rotatable bonds is 2. The Kier molecular flexibility index (Phi) is 2.05. The Bertz CT molecular complexity index is 377. The molecule has 0 aromatic carbocycles. The largest absolute Gasteiger partial charge is 0.444 e. The highest BCUT2D eigenvalue weighted by molar-refractivity contribution is 5.65. The minimum atomic E-state index is -0.950. The fourth-order valence-corrected chi connectivity index (χ4v) is 0.778. The summed E-state index contributed by atoms with van der Waals surface area (Å²) in [4.78, 5) is 21.9. The van der Waals surface area contributed by atoms with Gasteiger partial charge in [0.25, 0.3) is 0 Å². The van der Waals surface area contributed by atoms with Gasteiger partial charge in [0.15, 0.2) is 0 Å². The molecular weight excluding hydrogens is 180 g/mol. The molecule has 0 amide bonds. The maximum Gasteiger partial charge on any atom is 0.444 e. The molecule has 0 aliphatic carbocycles. The normalized spacial score (nSPS) is 9.54. The fourth-order valence-electron chi connectivity index (χ4n) is 0.778. The maximum atomic E-state index is 10.3. The second-order valence-electron chi connectivity index (χ2n) is 2.09. The molecule has 0 spiro atoms. The predicted molar refractivity (Wildman–Crippen MR) is 42.0 cm³/mol. The fraction of sp³-hybridized carbons (Fsp3) is 0. The van der Waals surface area contributed by atoms with Crippen molar-refractivity contribution in [3.63, 3.8) is 0 Å². The first-order valence-electron chi connectivity index (χ1n) is 3.07. The number of nitrogens with zero attached hydrogens (tertiary/aromatic N) is 3. The molecule has 1 aromatic rings. The molecule has 0 saturated heterocycles. The van der Waals surface area contributed by atoms with Crippen molar-refractivity contribution in [2.45, 2.75) is 0 Å². The van der Waals surface area contributed by atoms with E-state index in [1.54, 1.807) is 0 Å². The van der Waals surface area contributed by atoms with Crippen LogP contribution in [-0.4, -0.2) is 14.8 Å². The third-order valence-electron chi connectivity index (χ3n) is 1.29. The van der Waals surface area contributed by atoms with Crippen LogP contribution in [0, 0.1) is 20.2 Å². The molecule has 0 saturated carbocycles. The highest BCUT2D eigenvalue weighted by atomic mass is 16.6. The van der Waals surface area contributed by atoms with Gasteiger partial charge < -0.3 is 15.8 Å². The van der Waals surface area contributed by atoms with E-state index in [1.165, 1.54) is 0 Å². The standard InChI is InChI=1S/C5H4N4O4/c6-3-1-2-7-5(9(12)13)4(3)8(10)11/h1-2H,(H2,6,7). The summed E-state index contributed by atoms with van der Waals surface area (Å²) in [6.07, 6.45) is 1.04. The van der Waals surface area contributed by atoms with Crippen molar-refractivity contribution in [1.29, 1.82) is 0 Å². The number of nitro groups is 2. The molecular formula is C5H4N4O4. The number of hydrogen-bond acceptors (Lipinski definition) is 6. The number of aromatic nitrogens is 1. The van der Waals surface area contributed by atoms with Crippen LogP contribution in [0.4, 0.5) is 17.2 Å². The smallest absolute Gasteiger partial charge is 0.393 e. The lowest BCUT2D eigenvalue weighted by Gasteiger charge is -1.95. The average Bonchev–Trinajstić information content (AvgIpc) is 2.02. The van der Waals surface area contributed by atoms with Crippen LogP contribution in [0.3, 0.4) is 0 Å². The highest BCUT2D eigenvalue weighted by Gasteiger charge is 2.28. The first-order chi connectivity index (χ1) is 6.04. The second kappa shape index (κ2) is 3.01. The van der Waals surface area contributed by atoms with Crippen molar-refractivity contribution in [2.24, 2.45) is 0 Å². The zero-order valence-corrected chi connectivity index (χ0v) is 6.21. The quantitative estimate of drug-likeness (QED) is 0.526. The van der Waals surface area contributed by atoms with Crippen LogP contribution >= 0.6 is 0 Å².